The molecule has 3 rings (SSSR count). The normalized spacial score (nSPS) is 53.5. The monoisotopic (exact) mass is 266 g/mol. The van der Waals surface area contributed by atoms with Crippen molar-refractivity contribution >= 4 is 5.97 Å². The van der Waals surface area contributed by atoms with Crippen LogP contribution in [0.3, 0.4) is 0 Å². The van der Waals surface area contributed by atoms with Crippen molar-refractivity contribution in [3.63, 3.8) is 0 Å². The number of ether oxygens (including phenoxy) is 1. The zero-order valence-corrected chi connectivity index (χ0v) is 11.6. The molecule has 3 fully saturated rings. The minimum absolute atomic E-state index is 0.0348. The molecule has 4 heteroatoms. The lowest BCUT2D eigenvalue weighted by molar-refractivity contribution is -0.216. The first kappa shape index (κ1) is 13.1. The van der Waals surface area contributed by atoms with Gasteiger partial charge in [0, 0.05) is 11.3 Å². The molecule has 0 unspecified atom stereocenters. The summed E-state index contributed by atoms with van der Waals surface area (Å²) >= 11 is 0. The number of hydrogen-bond acceptors (Lipinski definition) is 4. The first-order valence-corrected chi connectivity index (χ1v) is 7.11. The number of fused-ring (bicyclic) bond motifs is 3. The third kappa shape index (κ3) is 1.39. The van der Waals surface area contributed by atoms with Gasteiger partial charge in [0.2, 0.25) is 0 Å². The van der Waals surface area contributed by atoms with E-state index in [9.17, 15) is 15.0 Å². The number of esters is 1. The lowest BCUT2D eigenvalue weighted by Gasteiger charge is -2.58. The van der Waals surface area contributed by atoms with Gasteiger partial charge >= 0.3 is 5.97 Å². The predicted octanol–water partition coefficient (Wildman–Crippen LogP) is 1.41. The molecule has 0 amide bonds. The molecule has 0 aromatic carbocycles. The summed E-state index contributed by atoms with van der Waals surface area (Å²) < 4.78 is 5.47. The number of rotatable bonds is 0. The highest BCUT2D eigenvalue weighted by atomic mass is 16.6. The highest BCUT2D eigenvalue weighted by molar-refractivity contribution is 5.75. The average Bonchev–Trinajstić information content (AvgIpc) is 2.66. The zero-order valence-electron chi connectivity index (χ0n) is 11.6. The summed E-state index contributed by atoms with van der Waals surface area (Å²) in [6.45, 7) is 7.77. The highest BCUT2D eigenvalue weighted by Gasteiger charge is 2.67. The van der Waals surface area contributed by atoms with Gasteiger partial charge in [-0.15, -0.1) is 0 Å². The molecule has 0 bridgehead atoms. The van der Waals surface area contributed by atoms with Crippen LogP contribution < -0.4 is 0 Å². The Bertz CT molecular complexity index is 445. The van der Waals surface area contributed by atoms with Crippen LogP contribution in [0.4, 0.5) is 0 Å². The molecule has 4 nitrogen and oxygen atoms in total. The Morgan fingerprint density at radius 3 is 2.79 bits per heavy atom. The van der Waals surface area contributed by atoms with Crippen LogP contribution in [0.15, 0.2) is 12.2 Å². The summed E-state index contributed by atoms with van der Waals surface area (Å²) in [5.41, 5.74) is -1.24. The number of carbonyl (C=O) groups excluding carboxylic acids is 1. The van der Waals surface area contributed by atoms with Crippen LogP contribution >= 0.6 is 0 Å². The first-order valence-electron chi connectivity index (χ1n) is 7.11. The van der Waals surface area contributed by atoms with Crippen molar-refractivity contribution in [3.05, 3.63) is 12.2 Å². The fourth-order valence-electron chi connectivity index (χ4n) is 4.38. The van der Waals surface area contributed by atoms with Crippen molar-refractivity contribution in [2.24, 2.45) is 17.3 Å². The van der Waals surface area contributed by atoms with Gasteiger partial charge in [-0.3, -0.25) is 4.79 Å². The molecule has 1 aliphatic heterocycles. The Kier molecular flexibility index (Phi) is 2.64. The van der Waals surface area contributed by atoms with Crippen LogP contribution in [0, 0.1) is 17.3 Å². The summed E-state index contributed by atoms with van der Waals surface area (Å²) in [6, 6.07) is 0. The Balaban J connectivity index is 2.08. The Morgan fingerprint density at radius 1 is 1.42 bits per heavy atom. The van der Waals surface area contributed by atoms with E-state index in [-0.39, 0.29) is 17.8 Å². The molecule has 1 saturated heterocycles. The van der Waals surface area contributed by atoms with Gasteiger partial charge in [-0.05, 0) is 31.3 Å². The summed E-state index contributed by atoms with van der Waals surface area (Å²) in [5.74, 6) is -0.376. The maximum atomic E-state index is 11.8. The largest absolute Gasteiger partial charge is 0.458 e. The summed E-state index contributed by atoms with van der Waals surface area (Å²) in [4.78, 5) is 11.8. The minimum atomic E-state index is -1.28. The van der Waals surface area contributed by atoms with Crippen molar-refractivity contribution in [2.75, 3.05) is 0 Å². The first-order chi connectivity index (χ1) is 8.82. The maximum Gasteiger partial charge on any atom is 0.309 e. The molecular formula is C15H22O4. The van der Waals surface area contributed by atoms with E-state index in [2.05, 4.69) is 6.58 Å². The van der Waals surface area contributed by atoms with Crippen LogP contribution in [0.5, 0.6) is 0 Å². The Hall–Kier alpha value is -0.870. The van der Waals surface area contributed by atoms with Gasteiger partial charge < -0.3 is 14.9 Å². The number of carbonyl (C=O) groups is 1. The molecule has 2 saturated carbocycles. The molecule has 0 radical (unpaired) electrons. The van der Waals surface area contributed by atoms with Crippen LogP contribution in [0.1, 0.15) is 39.5 Å². The van der Waals surface area contributed by atoms with Gasteiger partial charge in [0.1, 0.15) is 11.7 Å². The van der Waals surface area contributed by atoms with Crippen molar-refractivity contribution in [3.8, 4) is 0 Å². The number of hydrogen-bond donors (Lipinski definition) is 2. The van der Waals surface area contributed by atoms with Crippen molar-refractivity contribution in [1.82, 2.24) is 0 Å². The second-order valence-electron chi connectivity index (χ2n) is 6.69. The molecule has 3 aliphatic rings. The molecule has 2 N–H and O–H groups in total. The molecule has 106 valence electrons. The third-order valence-corrected chi connectivity index (χ3v) is 5.92. The SMILES string of the molecule is C=C1CC[C@H](O)[C@]2(C)CC[C@@H]3[C@H](C)C(=O)O[C@@H]3[C@]12O. The number of aliphatic hydroxyl groups excluding tert-OH is 1. The fourth-order valence-corrected chi connectivity index (χ4v) is 4.38. The lowest BCUT2D eigenvalue weighted by Crippen LogP contribution is -2.67. The Morgan fingerprint density at radius 2 is 2.11 bits per heavy atom. The third-order valence-electron chi connectivity index (χ3n) is 5.92. The fraction of sp³-hybridized carbons (Fsp3) is 0.800. The van der Waals surface area contributed by atoms with Crippen LogP contribution in [0.2, 0.25) is 0 Å². The molecule has 0 spiro atoms. The van der Waals surface area contributed by atoms with E-state index in [1.54, 1.807) is 0 Å². The molecule has 1 heterocycles. The smallest absolute Gasteiger partial charge is 0.309 e. The van der Waals surface area contributed by atoms with E-state index in [0.717, 1.165) is 6.42 Å². The van der Waals surface area contributed by atoms with Gasteiger partial charge in [0.15, 0.2) is 0 Å². The van der Waals surface area contributed by atoms with E-state index in [1.165, 1.54) is 0 Å². The summed E-state index contributed by atoms with van der Waals surface area (Å²) in [5, 5.41) is 21.6. The highest BCUT2D eigenvalue weighted by Crippen LogP contribution is 2.59. The average molecular weight is 266 g/mol. The van der Waals surface area contributed by atoms with Crippen molar-refractivity contribution < 1.29 is 19.7 Å². The predicted molar refractivity (Wildman–Crippen MR) is 69.2 cm³/mol. The standard InChI is InChI=1S/C15H22O4/c1-8-4-5-11(16)14(3)7-6-10-9(2)13(17)19-12(10)15(8,14)18/h9-12,16,18H,1,4-7H2,2-3H3/t9-,10+,11-,12-,14-,15+/m0/s1. The topological polar surface area (TPSA) is 66.8 Å². The quantitative estimate of drug-likeness (QED) is 0.514. The summed E-state index contributed by atoms with van der Waals surface area (Å²) in [6.07, 6.45) is 1.60. The molecule has 0 aromatic rings. The molecule has 19 heavy (non-hydrogen) atoms. The maximum absolute atomic E-state index is 11.8. The zero-order chi connectivity index (χ0) is 14.0. The molecule has 2 aliphatic carbocycles. The minimum Gasteiger partial charge on any atom is -0.458 e. The summed E-state index contributed by atoms with van der Waals surface area (Å²) in [7, 11) is 0. The Labute approximate surface area is 113 Å². The molecule has 6 atom stereocenters. The second kappa shape index (κ2) is 3.83. The van der Waals surface area contributed by atoms with E-state index >= 15 is 0 Å². The van der Waals surface area contributed by atoms with E-state index in [1.807, 2.05) is 13.8 Å². The van der Waals surface area contributed by atoms with Gasteiger partial charge in [0.05, 0.1) is 12.0 Å². The molecular weight excluding hydrogens is 244 g/mol. The van der Waals surface area contributed by atoms with Crippen LogP contribution in [-0.2, 0) is 9.53 Å². The van der Waals surface area contributed by atoms with Gasteiger partial charge in [-0.25, -0.2) is 0 Å². The lowest BCUT2D eigenvalue weighted by atomic mass is 9.51. The van der Waals surface area contributed by atoms with Gasteiger partial charge in [0.25, 0.3) is 0 Å². The van der Waals surface area contributed by atoms with Gasteiger partial charge in [-0.1, -0.05) is 20.4 Å². The second-order valence-corrected chi connectivity index (χ2v) is 6.69. The van der Waals surface area contributed by atoms with E-state index in [0.29, 0.717) is 24.8 Å². The van der Waals surface area contributed by atoms with E-state index < -0.39 is 23.2 Å². The molecule has 0 aromatic heterocycles. The van der Waals surface area contributed by atoms with Crippen LogP contribution in [0.25, 0.3) is 0 Å². The van der Waals surface area contributed by atoms with Crippen molar-refractivity contribution in [2.45, 2.75) is 57.3 Å². The number of aliphatic hydroxyl groups is 2. The van der Waals surface area contributed by atoms with Crippen LogP contribution in [-0.4, -0.2) is 34.0 Å². The van der Waals surface area contributed by atoms with E-state index in [4.69, 9.17) is 4.74 Å². The van der Waals surface area contributed by atoms with Gasteiger partial charge in [-0.2, -0.15) is 0 Å². The van der Waals surface area contributed by atoms with Crippen molar-refractivity contribution in [1.29, 1.82) is 0 Å².